The van der Waals surface area contributed by atoms with Gasteiger partial charge in [-0.2, -0.15) is 0 Å². The number of aliphatic hydroxyl groups is 1. The van der Waals surface area contributed by atoms with Crippen LogP contribution in [-0.2, 0) is 4.74 Å². The number of aliphatic imine (C=N–C) groups is 1. The Bertz CT molecular complexity index is 299. The predicted octanol–water partition coefficient (Wildman–Crippen LogP) is 1.32. The zero-order valence-electron chi connectivity index (χ0n) is 10.1. The maximum atomic E-state index is 11.8. The van der Waals surface area contributed by atoms with Gasteiger partial charge < -0.3 is 9.84 Å². The van der Waals surface area contributed by atoms with Gasteiger partial charge in [0.15, 0.2) is 5.17 Å². The van der Waals surface area contributed by atoms with Gasteiger partial charge in [-0.3, -0.25) is 9.89 Å². The summed E-state index contributed by atoms with van der Waals surface area (Å²) in [6.45, 7) is 6.01. The van der Waals surface area contributed by atoms with E-state index in [2.05, 4.69) is 4.99 Å². The molecule has 0 saturated heterocycles. The molecular formula is C10H18N2O3S. The normalized spacial score (nSPS) is 21.7. The Labute approximate surface area is 99.9 Å². The molecule has 92 valence electrons. The Morgan fingerprint density at radius 1 is 1.62 bits per heavy atom. The van der Waals surface area contributed by atoms with E-state index in [9.17, 15) is 9.90 Å². The summed E-state index contributed by atoms with van der Waals surface area (Å²) in [4.78, 5) is 17.3. The van der Waals surface area contributed by atoms with Crippen LogP contribution < -0.4 is 0 Å². The molecule has 0 spiro atoms. The standard InChI is InChI=1S/C10H18N2O3S/c1-10(2,3)15-9(14)12-6-7(13)5-11-8(12)16-4/h7,13H,5-6H2,1-4H3/t7-/m0/s1. The number of thioether (sulfide) groups is 1. The number of amides is 1. The second-order valence-corrected chi connectivity index (χ2v) is 5.35. The molecule has 0 aromatic carbocycles. The van der Waals surface area contributed by atoms with E-state index >= 15 is 0 Å². The van der Waals surface area contributed by atoms with Crippen molar-refractivity contribution in [3.05, 3.63) is 0 Å². The Morgan fingerprint density at radius 2 is 2.25 bits per heavy atom. The van der Waals surface area contributed by atoms with Crippen molar-refractivity contribution in [2.75, 3.05) is 19.3 Å². The molecule has 0 aromatic heterocycles. The quantitative estimate of drug-likeness (QED) is 0.700. The van der Waals surface area contributed by atoms with Crippen LogP contribution in [0, 0.1) is 0 Å². The van der Waals surface area contributed by atoms with E-state index < -0.39 is 17.8 Å². The van der Waals surface area contributed by atoms with Crippen molar-refractivity contribution in [3.8, 4) is 0 Å². The number of nitrogens with zero attached hydrogens (tertiary/aromatic N) is 2. The third kappa shape index (κ3) is 3.68. The second kappa shape index (κ2) is 5.05. The number of β-amino-alcohol motifs (C(OH)–C–C–N with tert-alkyl or cyclic N) is 1. The molecule has 16 heavy (non-hydrogen) atoms. The molecule has 0 aromatic rings. The molecule has 0 radical (unpaired) electrons. The van der Waals surface area contributed by atoms with E-state index in [0.29, 0.717) is 11.7 Å². The first-order valence-corrected chi connectivity index (χ1v) is 6.33. The molecule has 1 aliphatic rings. The first kappa shape index (κ1) is 13.3. The summed E-state index contributed by atoms with van der Waals surface area (Å²) in [6, 6.07) is 0. The van der Waals surface area contributed by atoms with Gasteiger partial charge in [0.2, 0.25) is 0 Å². The van der Waals surface area contributed by atoms with Crippen LogP contribution in [0.15, 0.2) is 4.99 Å². The number of aliphatic hydroxyl groups excluding tert-OH is 1. The predicted molar refractivity (Wildman–Crippen MR) is 64.8 cm³/mol. The van der Waals surface area contributed by atoms with Crippen LogP contribution in [-0.4, -0.2) is 52.3 Å². The smallest absolute Gasteiger partial charge is 0.416 e. The summed E-state index contributed by atoms with van der Waals surface area (Å²) in [5.41, 5.74) is -0.539. The van der Waals surface area contributed by atoms with Crippen molar-refractivity contribution in [1.29, 1.82) is 0 Å². The summed E-state index contributed by atoms with van der Waals surface area (Å²) in [5.74, 6) is 0. The minimum atomic E-state index is -0.608. The molecule has 1 aliphatic heterocycles. The lowest BCUT2D eigenvalue weighted by Gasteiger charge is -2.31. The fourth-order valence-electron chi connectivity index (χ4n) is 1.26. The average molecular weight is 246 g/mol. The molecule has 1 atom stereocenters. The number of rotatable bonds is 0. The van der Waals surface area contributed by atoms with Crippen molar-refractivity contribution in [2.24, 2.45) is 4.99 Å². The summed E-state index contributed by atoms with van der Waals surface area (Å²) in [7, 11) is 0. The summed E-state index contributed by atoms with van der Waals surface area (Å²) >= 11 is 1.37. The highest BCUT2D eigenvalue weighted by Gasteiger charge is 2.29. The summed E-state index contributed by atoms with van der Waals surface area (Å²) in [5, 5.41) is 10.1. The molecule has 0 bridgehead atoms. The van der Waals surface area contributed by atoms with Gasteiger partial charge in [0.1, 0.15) is 5.60 Å². The Morgan fingerprint density at radius 3 is 2.75 bits per heavy atom. The number of carbonyl (C=O) groups is 1. The van der Waals surface area contributed by atoms with Gasteiger partial charge in [-0.05, 0) is 27.0 Å². The number of carbonyl (C=O) groups excluding carboxylic acids is 1. The third-order valence-corrected chi connectivity index (χ3v) is 2.57. The van der Waals surface area contributed by atoms with Gasteiger partial charge in [-0.1, -0.05) is 11.8 Å². The fourth-order valence-corrected chi connectivity index (χ4v) is 1.83. The molecule has 0 unspecified atom stereocenters. The fraction of sp³-hybridized carbons (Fsp3) is 0.800. The molecule has 0 saturated carbocycles. The van der Waals surface area contributed by atoms with Crippen LogP contribution >= 0.6 is 11.8 Å². The van der Waals surface area contributed by atoms with Crippen molar-refractivity contribution in [3.63, 3.8) is 0 Å². The molecule has 6 heteroatoms. The minimum absolute atomic E-state index is 0.245. The van der Waals surface area contributed by atoms with Crippen LogP contribution in [0.25, 0.3) is 0 Å². The maximum Gasteiger partial charge on any atom is 0.416 e. The molecular weight excluding hydrogens is 228 g/mol. The first-order valence-electron chi connectivity index (χ1n) is 5.10. The van der Waals surface area contributed by atoms with E-state index in [4.69, 9.17) is 4.74 Å². The highest BCUT2D eigenvalue weighted by Crippen LogP contribution is 2.16. The monoisotopic (exact) mass is 246 g/mol. The van der Waals surface area contributed by atoms with E-state index in [0.717, 1.165) is 0 Å². The lowest BCUT2D eigenvalue weighted by molar-refractivity contribution is 0.0289. The highest BCUT2D eigenvalue weighted by atomic mass is 32.2. The molecule has 0 fully saturated rings. The first-order chi connectivity index (χ1) is 7.33. The van der Waals surface area contributed by atoms with Crippen molar-refractivity contribution >= 4 is 23.0 Å². The zero-order valence-corrected chi connectivity index (χ0v) is 10.9. The summed E-state index contributed by atoms with van der Waals surface area (Å²) < 4.78 is 5.24. The number of amidine groups is 1. The van der Waals surface area contributed by atoms with E-state index in [1.807, 2.05) is 6.26 Å². The molecule has 1 N–H and O–H groups in total. The topological polar surface area (TPSA) is 62.1 Å². The molecule has 1 amide bonds. The van der Waals surface area contributed by atoms with Crippen molar-refractivity contribution in [1.82, 2.24) is 4.90 Å². The van der Waals surface area contributed by atoms with Gasteiger partial charge in [0.05, 0.1) is 19.2 Å². The average Bonchev–Trinajstić information content (AvgIpc) is 2.15. The molecule has 5 nitrogen and oxygen atoms in total. The third-order valence-electron chi connectivity index (χ3n) is 1.86. The molecule has 1 heterocycles. The lowest BCUT2D eigenvalue weighted by Crippen LogP contribution is -2.47. The second-order valence-electron chi connectivity index (χ2n) is 4.57. The minimum Gasteiger partial charge on any atom is -0.443 e. The van der Waals surface area contributed by atoms with Gasteiger partial charge in [-0.25, -0.2) is 4.79 Å². The van der Waals surface area contributed by atoms with Crippen LogP contribution in [0.2, 0.25) is 0 Å². The van der Waals surface area contributed by atoms with E-state index in [1.165, 1.54) is 16.7 Å². The van der Waals surface area contributed by atoms with E-state index in [1.54, 1.807) is 20.8 Å². The van der Waals surface area contributed by atoms with Gasteiger partial charge in [-0.15, -0.1) is 0 Å². The Kier molecular flexibility index (Phi) is 4.21. The number of ether oxygens (including phenoxy) is 1. The van der Waals surface area contributed by atoms with Crippen LogP contribution in [0.3, 0.4) is 0 Å². The van der Waals surface area contributed by atoms with Gasteiger partial charge in [0.25, 0.3) is 0 Å². The lowest BCUT2D eigenvalue weighted by atomic mass is 10.2. The van der Waals surface area contributed by atoms with Crippen LogP contribution in [0.5, 0.6) is 0 Å². The van der Waals surface area contributed by atoms with E-state index in [-0.39, 0.29) is 6.54 Å². The largest absolute Gasteiger partial charge is 0.443 e. The maximum absolute atomic E-state index is 11.8. The van der Waals surface area contributed by atoms with Crippen molar-refractivity contribution in [2.45, 2.75) is 32.5 Å². The zero-order chi connectivity index (χ0) is 12.3. The van der Waals surface area contributed by atoms with Gasteiger partial charge >= 0.3 is 6.09 Å². The number of hydrogen-bond acceptors (Lipinski definition) is 5. The van der Waals surface area contributed by atoms with Crippen LogP contribution in [0.4, 0.5) is 4.79 Å². The van der Waals surface area contributed by atoms with Gasteiger partial charge in [0, 0.05) is 0 Å². The number of hydrogen-bond donors (Lipinski definition) is 1. The highest BCUT2D eigenvalue weighted by molar-refractivity contribution is 8.13. The van der Waals surface area contributed by atoms with Crippen LogP contribution in [0.1, 0.15) is 20.8 Å². The summed E-state index contributed by atoms with van der Waals surface area (Å²) in [6.07, 6.45) is 0.774. The SMILES string of the molecule is CSC1=NC[C@H](O)CN1C(=O)OC(C)(C)C. The Hall–Kier alpha value is -0.750. The van der Waals surface area contributed by atoms with Crippen molar-refractivity contribution < 1.29 is 14.6 Å². The Balaban J connectivity index is 2.73. The molecule has 0 aliphatic carbocycles. The molecule has 1 rings (SSSR count).